The number of nitrogens with zero attached hydrogens (tertiary/aromatic N) is 3. The molecule has 0 aromatic heterocycles. The maximum Gasteiger partial charge on any atom is 0.294 e. The van der Waals surface area contributed by atoms with E-state index in [9.17, 15) is 17.8 Å². The number of rotatable bonds is 10. The second-order valence-corrected chi connectivity index (χ2v) is 12.7. The van der Waals surface area contributed by atoms with Gasteiger partial charge < -0.3 is 10.6 Å². The maximum absolute atomic E-state index is 12.6. The highest BCUT2D eigenvalue weighted by molar-refractivity contribution is 7.85. The first kappa shape index (κ1) is 33.7. The Labute approximate surface area is 255 Å². The van der Waals surface area contributed by atoms with Crippen molar-refractivity contribution in [1.82, 2.24) is 5.06 Å². The molecule has 0 saturated carbocycles. The van der Waals surface area contributed by atoms with Gasteiger partial charge >= 0.3 is 0 Å². The quantitative estimate of drug-likeness (QED) is 0.157. The number of allylic oxidation sites excluding steroid dienone is 10. The van der Waals surface area contributed by atoms with Gasteiger partial charge in [-0.25, -0.2) is 5.06 Å². The van der Waals surface area contributed by atoms with Gasteiger partial charge in [0.05, 0.1) is 23.4 Å². The third-order valence-corrected chi connectivity index (χ3v) is 8.61. The van der Waals surface area contributed by atoms with E-state index in [1.807, 2.05) is 76.3 Å². The highest BCUT2D eigenvalue weighted by Crippen LogP contribution is 2.48. The number of nitrogens with two attached hydrogens (primary N) is 1. The van der Waals surface area contributed by atoms with Crippen LogP contribution in [0.2, 0.25) is 0 Å². The molecule has 2 aliphatic heterocycles. The Morgan fingerprint density at radius 2 is 1.79 bits per heavy atom. The van der Waals surface area contributed by atoms with E-state index in [1.165, 1.54) is 24.3 Å². The first-order valence-corrected chi connectivity index (χ1v) is 15.4. The fourth-order valence-corrected chi connectivity index (χ4v) is 5.72. The van der Waals surface area contributed by atoms with E-state index in [4.69, 9.17) is 10.6 Å². The minimum Gasteiger partial charge on any atom is -0.343 e. The van der Waals surface area contributed by atoms with Crippen molar-refractivity contribution in [2.45, 2.75) is 44.9 Å². The van der Waals surface area contributed by atoms with E-state index in [0.717, 1.165) is 28.2 Å². The second-order valence-electron chi connectivity index (χ2n) is 11.3. The van der Waals surface area contributed by atoms with Crippen molar-refractivity contribution in [3.05, 3.63) is 108 Å². The van der Waals surface area contributed by atoms with E-state index < -0.39 is 20.9 Å². The molecule has 3 N–H and O–H groups in total. The number of hydrogen-bond acceptors (Lipinski definition) is 7. The normalized spacial score (nSPS) is 20.3. The molecule has 0 radical (unpaired) electrons. The number of carbonyl (C=O) groups is 1. The van der Waals surface area contributed by atoms with Gasteiger partial charge in [-0.15, -0.1) is 0 Å². The molecule has 0 unspecified atom stereocenters. The summed E-state index contributed by atoms with van der Waals surface area (Å²) in [6.07, 6.45) is 17.0. The third kappa shape index (κ3) is 7.05. The summed E-state index contributed by atoms with van der Waals surface area (Å²) in [4.78, 5) is 24.3. The lowest BCUT2D eigenvalue weighted by molar-refractivity contribution is -0.163. The summed E-state index contributed by atoms with van der Waals surface area (Å²) in [5.74, 6) is -0.256. The van der Waals surface area contributed by atoms with Crippen molar-refractivity contribution in [1.29, 1.82) is 0 Å². The molecule has 3 rings (SSSR count). The zero-order valence-corrected chi connectivity index (χ0v) is 26.8. The highest BCUT2D eigenvalue weighted by Gasteiger charge is 2.40. The van der Waals surface area contributed by atoms with E-state index in [2.05, 4.69) is 16.5 Å². The van der Waals surface area contributed by atoms with Crippen LogP contribution in [0.15, 0.2) is 112 Å². The first-order valence-electron chi connectivity index (χ1n) is 13.9. The van der Waals surface area contributed by atoms with Crippen molar-refractivity contribution in [3.8, 4) is 0 Å². The van der Waals surface area contributed by atoms with Crippen molar-refractivity contribution >= 4 is 27.4 Å². The van der Waals surface area contributed by atoms with Crippen LogP contribution in [0.5, 0.6) is 0 Å². The molecule has 1 aromatic rings. The van der Waals surface area contributed by atoms with Gasteiger partial charge in [-0.05, 0) is 54.5 Å². The predicted molar refractivity (Wildman–Crippen MR) is 173 cm³/mol. The summed E-state index contributed by atoms with van der Waals surface area (Å²) in [5, 5.41) is 1.18. The third-order valence-electron chi connectivity index (χ3n) is 7.76. The Morgan fingerprint density at radius 3 is 2.40 bits per heavy atom. The van der Waals surface area contributed by atoms with Gasteiger partial charge in [-0.3, -0.25) is 19.2 Å². The first-order chi connectivity index (χ1) is 20.1. The molecule has 2 aliphatic rings. The summed E-state index contributed by atoms with van der Waals surface area (Å²) in [7, 11) is -1.31. The van der Waals surface area contributed by atoms with Crippen LogP contribution in [0.25, 0.3) is 0 Å². The number of carbonyl (C=O) groups excluding carboxylic acids is 1. The Bertz CT molecular complexity index is 1600. The number of aliphatic imine (C=N–C) groups is 1. The molecule has 1 amide bonds. The molecule has 0 bridgehead atoms. The van der Waals surface area contributed by atoms with E-state index >= 15 is 0 Å². The van der Waals surface area contributed by atoms with Crippen molar-refractivity contribution in [2.24, 2.45) is 16.1 Å². The van der Waals surface area contributed by atoms with E-state index in [1.54, 1.807) is 26.1 Å². The molecular weight excluding hydrogens is 564 g/mol. The zero-order chi connectivity index (χ0) is 32.2. The van der Waals surface area contributed by atoms with Gasteiger partial charge in [-0.1, -0.05) is 70.7 Å². The second kappa shape index (κ2) is 13.2. The summed E-state index contributed by atoms with van der Waals surface area (Å²) in [6.45, 7) is 15.0. The standard InChI is InChI=1S/C33H42N4O5S/c1-9-24(31(38)36(7)42-8)21-26-23(2)35-29(32(26,3)4)15-13-11-10-12-14-16-30-33(5,6)27-22-25(43(39,40)41)17-18-28(27)37(30)20-19-34/h9-18,21-22H,2,19-20,34H2,1,3-8H3,(H,39,40,41)/b11-10+,14-12+,15-13+,24-9+,26-21+,30-16+. The topological polar surface area (TPSA) is 126 Å². The molecule has 1 aromatic carbocycles. The van der Waals surface area contributed by atoms with Crippen LogP contribution in [-0.2, 0) is 25.2 Å². The Kier molecular flexibility index (Phi) is 10.3. The molecular formula is C33H42N4O5S. The molecule has 0 spiro atoms. The molecule has 0 atom stereocenters. The molecule has 10 heteroatoms. The molecule has 0 saturated heterocycles. The largest absolute Gasteiger partial charge is 0.343 e. The van der Waals surface area contributed by atoms with Gasteiger partial charge in [0.2, 0.25) is 0 Å². The number of fused-ring (bicyclic) bond motifs is 1. The Balaban J connectivity index is 1.77. The SMILES string of the molecule is C=C1N=C(/C=C/C=C/C=C/C=C2/N(CCN)c3ccc(S(=O)(=O)O)cc3C2(C)C)C(C)(C)/C1=C/C(=C\C)C(=O)N(C)OC. The van der Waals surface area contributed by atoms with Crippen LogP contribution in [-0.4, -0.2) is 56.9 Å². The summed E-state index contributed by atoms with van der Waals surface area (Å²) in [6, 6.07) is 4.65. The number of likely N-dealkylation sites (N-methyl/N-ethyl adjacent to an activating group) is 1. The summed E-state index contributed by atoms with van der Waals surface area (Å²) in [5.41, 5.74) is 10.4. The van der Waals surface area contributed by atoms with Gasteiger partial charge in [0, 0.05) is 47.9 Å². The van der Waals surface area contributed by atoms with Crippen LogP contribution in [0, 0.1) is 5.41 Å². The lowest BCUT2D eigenvalue weighted by Crippen LogP contribution is -2.30. The van der Waals surface area contributed by atoms with Gasteiger partial charge in [0.25, 0.3) is 16.0 Å². The number of amides is 1. The van der Waals surface area contributed by atoms with Crippen LogP contribution >= 0.6 is 0 Å². The van der Waals surface area contributed by atoms with Crippen LogP contribution in [0.3, 0.4) is 0 Å². The average molecular weight is 607 g/mol. The molecule has 9 nitrogen and oxygen atoms in total. The fourth-order valence-electron chi connectivity index (χ4n) is 5.21. The Hall–Kier alpha value is -3.83. The minimum atomic E-state index is -4.32. The lowest BCUT2D eigenvalue weighted by Gasteiger charge is -2.26. The van der Waals surface area contributed by atoms with Gasteiger partial charge in [0.1, 0.15) is 0 Å². The predicted octanol–water partition coefficient (Wildman–Crippen LogP) is 5.43. The number of benzene rings is 1. The smallest absolute Gasteiger partial charge is 0.294 e. The summed E-state index contributed by atoms with van der Waals surface area (Å²) < 4.78 is 33.0. The van der Waals surface area contributed by atoms with Crippen LogP contribution in [0.1, 0.15) is 40.2 Å². The molecule has 43 heavy (non-hydrogen) atoms. The molecule has 230 valence electrons. The lowest BCUT2D eigenvalue weighted by atomic mass is 9.80. The van der Waals surface area contributed by atoms with Gasteiger partial charge in [0.15, 0.2) is 0 Å². The summed E-state index contributed by atoms with van der Waals surface area (Å²) >= 11 is 0. The molecule has 2 heterocycles. The van der Waals surface area contributed by atoms with E-state index in [-0.39, 0.29) is 10.8 Å². The molecule has 0 aliphatic carbocycles. The fraction of sp³-hybridized carbons (Fsp3) is 0.333. The minimum absolute atomic E-state index is 0.130. The number of anilines is 1. The zero-order valence-electron chi connectivity index (χ0n) is 26.0. The highest BCUT2D eigenvalue weighted by atomic mass is 32.2. The van der Waals surface area contributed by atoms with Crippen LogP contribution < -0.4 is 10.6 Å². The van der Waals surface area contributed by atoms with E-state index in [0.29, 0.717) is 24.4 Å². The number of hydroxylamine groups is 2. The van der Waals surface area contributed by atoms with Crippen molar-refractivity contribution in [3.63, 3.8) is 0 Å². The van der Waals surface area contributed by atoms with Gasteiger partial charge in [-0.2, -0.15) is 8.42 Å². The molecule has 0 fully saturated rings. The monoisotopic (exact) mass is 606 g/mol. The van der Waals surface area contributed by atoms with Crippen molar-refractivity contribution < 1.29 is 22.6 Å². The van der Waals surface area contributed by atoms with Crippen LogP contribution in [0.4, 0.5) is 5.69 Å². The average Bonchev–Trinajstić information content (AvgIpc) is 3.29. The maximum atomic E-state index is 12.6. The number of hydrogen-bond donors (Lipinski definition) is 2. The Morgan fingerprint density at radius 1 is 1.14 bits per heavy atom. The van der Waals surface area contributed by atoms with Crippen molar-refractivity contribution in [2.75, 3.05) is 32.1 Å².